The molecule has 0 bridgehead atoms. The Kier molecular flexibility index (Phi) is 3.38. The lowest BCUT2D eigenvalue weighted by molar-refractivity contribution is -0.150. The molecule has 1 N–H and O–H groups in total. The van der Waals surface area contributed by atoms with E-state index in [0.29, 0.717) is 12.8 Å². The Morgan fingerprint density at radius 3 is 2.28 bits per heavy atom. The second-order valence-electron chi connectivity index (χ2n) is 5.03. The van der Waals surface area contributed by atoms with Crippen molar-refractivity contribution < 1.29 is 24.2 Å². The Morgan fingerprint density at radius 2 is 1.83 bits per heavy atom. The first-order chi connectivity index (χ1) is 8.41. The molecule has 0 aromatic heterocycles. The molecule has 2 aliphatic rings. The molecule has 0 aliphatic carbocycles. The molecule has 0 radical (unpaired) electrons. The van der Waals surface area contributed by atoms with E-state index < -0.39 is 12.1 Å². The highest BCUT2D eigenvalue weighted by Gasteiger charge is 2.44. The molecule has 2 rings (SSSR count). The van der Waals surface area contributed by atoms with Crippen LogP contribution in [-0.4, -0.2) is 46.5 Å². The molecule has 2 saturated heterocycles. The van der Waals surface area contributed by atoms with Gasteiger partial charge in [-0.05, 0) is 12.8 Å². The number of carboxylic acids is 1. The Balaban J connectivity index is 1.97. The Morgan fingerprint density at radius 1 is 1.28 bits per heavy atom. The number of imide groups is 1. The van der Waals surface area contributed by atoms with E-state index in [1.807, 2.05) is 0 Å². The van der Waals surface area contributed by atoms with Crippen molar-refractivity contribution in [2.24, 2.45) is 11.8 Å². The summed E-state index contributed by atoms with van der Waals surface area (Å²) in [7, 11) is 0. The molecule has 18 heavy (non-hydrogen) atoms. The van der Waals surface area contributed by atoms with E-state index >= 15 is 0 Å². The minimum Gasteiger partial charge on any atom is -0.479 e. The van der Waals surface area contributed by atoms with Crippen LogP contribution in [0.3, 0.4) is 0 Å². The molecule has 100 valence electrons. The van der Waals surface area contributed by atoms with Crippen molar-refractivity contribution in [3.05, 3.63) is 0 Å². The molecule has 0 saturated carbocycles. The number of amides is 2. The lowest BCUT2D eigenvalue weighted by Crippen LogP contribution is -2.38. The fourth-order valence-corrected chi connectivity index (χ4v) is 2.43. The lowest BCUT2D eigenvalue weighted by atomic mass is 10.00. The average molecular weight is 255 g/mol. The smallest absolute Gasteiger partial charge is 0.332 e. The Labute approximate surface area is 105 Å². The van der Waals surface area contributed by atoms with Crippen LogP contribution in [0.15, 0.2) is 0 Å². The lowest BCUT2D eigenvalue weighted by Gasteiger charge is -2.19. The number of aliphatic carboxylic acids is 1. The summed E-state index contributed by atoms with van der Waals surface area (Å²) in [5.41, 5.74) is 0. The summed E-state index contributed by atoms with van der Waals surface area (Å²) in [4.78, 5) is 35.7. The maximum Gasteiger partial charge on any atom is 0.332 e. The third-order valence-electron chi connectivity index (χ3n) is 3.83. The molecule has 0 aromatic rings. The predicted molar refractivity (Wildman–Crippen MR) is 60.6 cm³/mol. The van der Waals surface area contributed by atoms with Crippen molar-refractivity contribution in [3.8, 4) is 0 Å². The van der Waals surface area contributed by atoms with Crippen molar-refractivity contribution in [3.63, 3.8) is 0 Å². The number of carbonyl (C=O) groups is 3. The number of hydrogen-bond acceptors (Lipinski definition) is 4. The average Bonchev–Trinajstić information content (AvgIpc) is 2.86. The van der Waals surface area contributed by atoms with Crippen LogP contribution >= 0.6 is 0 Å². The molecule has 4 unspecified atom stereocenters. The summed E-state index contributed by atoms with van der Waals surface area (Å²) in [6.45, 7) is 3.65. The van der Waals surface area contributed by atoms with Gasteiger partial charge in [0.2, 0.25) is 11.8 Å². The number of hydrogen-bond donors (Lipinski definition) is 1. The summed E-state index contributed by atoms with van der Waals surface area (Å²) < 4.78 is 5.31. The topological polar surface area (TPSA) is 83.9 Å². The summed E-state index contributed by atoms with van der Waals surface area (Å²) in [6, 6.07) is 0. The van der Waals surface area contributed by atoms with Gasteiger partial charge in [0.15, 0.2) is 6.10 Å². The van der Waals surface area contributed by atoms with Crippen molar-refractivity contribution in [1.82, 2.24) is 4.90 Å². The minimum absolute atomic E-state index is 0.177. The minimum atomic E-state index is -0.988. The molecule has 2 aliphatic heterocycles. The number of nitrogens with zero attached hydrogens (tertiary/aromatic N) is 1. The van der Waals surface area contributed by atoms with Crippen LogP contribution in [0.4, 0.5) is 0 Å². The number of carboxylic acid groups (broad SMARTS) is 1. The predicted octanol–water partition coefficient (Wildman–Crippen LogP) is 0.260. The van der Waals surface area contributed by atoms with E-state index in [0.717, 1.165) is 0 Å². The van der Waals surface area contributed by atoms with Crippen molar-refractivity contribution in [1.29, 1.82) is 0 Å². The second kappa shape index (κ2) is 4.68. The molecule has 6 heteroatoms. The van der Waals surface area contributed by atoms with Crippen molar-refractivity contribution in [2.75, 3.05) is 6.54 Å². The van der Waals surface area contributed by atoms with Gasteiger partial charge in [0, 0.05) is 11.8 Å². The number of likely N-dealkylation sites (tertiary alicyclic amines) is 1. The van der Waals surface area contributed by atoms with E-state index in [-0.39, 0.29) is 36.3 Å². The third kappa shape index (κ3) is 2.12. The van der Waals surface area contributed by atoms with E-state index in [1.165, 1.54) is 4.90 Å². The van der Waals surface area contributed by atoms with Crippen LogP contribution in [0.5, 0.6) is 0 Å². The zero-order valence-electron chi connectivity index (χ0n) is 10.5. The molecule has 0 aromatic carbocycles. The maximum absolute atomic E-state index is 11.9. The van der Waals surface area contributed by atoms with Gasteiger partial charge in [-0.2, -0.15) is 0 Å². The highest BCUT2D eigenvalue weighted by molar-refractivity contribution is 6.04. The standard InChI is InChI=1S/C12H17NO5/c1-6-7(2)11(15)13(10(6)14)5-8-3-4-9(18-8)12(16)17/h6-9H,3-5H2,1-2H3,(H,16,17). The summed E-state index contributed by atoms with van der Waals surface area (Å²) in [5.74, 6) is -1.95. The van der Waals surface area contributed by atoms with E-state index in [1.54, 1.807) is 13.8 Å². The van der Waals surface area contributed by atoms with Gasteiger partial charge in [0.05, 0.1) is 12.6 Å². The fraction of sp³-hybridized carbons (Fsp3) is 0.750. The quantitative estimate of drug-likeness (QED) is 0.731. The van der Waals surface area contributed by atoms with Gasteiger partial charge in [-0.25, -0.2) is 4.79 Å². The largest absolute Gasteiger partial charge is 0.479 e. The van der Waals surface area contributed by atoms with Crippen LogP contribution in [0, 0.1) is 11.8 Å². The first kappa shape index (κ1) is 13.0. The van der Waals surface area contributed by atoms with Gasteiger partial charge in [0.1, 0.15) is 0 Å². The molecular weight excluding hydrogens is 238 g/mol. The monoisotopic (exact) mass is 255 g/mol. The highest BCUT2D eigenvalue weighted by atomic mass is 16.5. The number of carbonyl (C=O) groups excluding carboxylic acids is 2. The zero-order chi connectivity index (χ0) is 13.4. The van der Waals surface area contributed by atoms with E-state index in [9.17, 15) is 14.4 Å². The van der Waals surface area contributed by atoms with Crippen molar-refractivity contribution >= 4 is 17.8 Å². The Hall–Kier alpha value is -1.43. The molecular formula is C12H17NO5. The van der Waals surface area contributed by atoms with Crippen LogP contribution in [0.25, 0.3) is 0 Å². The molecule has 0 spiro atoms. The van der Waals surface area contributed by atoms with Crippen LogP contribution < -0.4 is 0 Å². The second-order valence-corrected chi connectivity index (χ2v) is 5.03. The SMILES string of the molecule is CC1C(=O)N(CC2CCC(C(=O)O)O2)C(=O)C1C. The summed E-state index contributed by atoms with van der Waals surface area (Å²) >= 11 is 0. The van der Waals surface area contributed by atoms with Gasteiger partial charge >= 0.3 is 5.97 Å². The van der Waals surface area contributed by atoms with Crippen LogP contribution in [0.1, 0.15) is 26.7 Å². The highest BCUT2D eigenvalue weighted by Crippen LogP contribution is 2.28. The zero-order valence-corrected chi connectivity index (χ0v) is 10.5. The molecule has 4 atom stereocenters. The first-order valence-corrected chi connectivity index (χ1v) is 6.15. The van der Waals surface area contributed by atoms with Crippen LogP contribution in [0.2, 0.25) is 0 Å². The summed E-state index contributed by atoms with van der Waals surface area (Å²) in [6.07, 6.45) is -0.160. The first-order valence-electron chi connectivity index (χ1n) is 6.15. The molecule has 2 heterocycles. The maximum atomic E-state index is 11.9. The van der Waals surface area contributed by atoms with Gasteiger partial charge in [0.25, 0.3) is 0 Å². The van der Waals surface area contributed by atoms with Gasteiger partial charge in [-0.1, -0.05) is 13.8 Å². The Bertz CT molecular complexity index is 374. The van der Waals surface area contributed by atoms with Gasteiger partial charge in [-0.15, -0.1) is 0 Å². The van der Waals surface area contributed by atoms with E-state index in [2.05, 4.69) is 0 Å². The van der Waals surface area contributed by atoms with Gasteiger partial charge < -0.3 is 9.84 Å². The number of ether oxygens (including phenoxy) is 1. The molecule has 2 amide bonds. The normalized spacial score (nSPS) is 36.4. The van der Waals surface area contributed by atoms with Gasteiger partial charge in [-0.3, -0.25) is 14.5 Å². The summed E-state index contributed by atoms with van der Waals surface area (Å²) in [5, 5.41) is 8.81. The fourth-order valence-electron chi connectivity index (χ4n) is 2.43. The third-order valence-corrected chi connectivity index (χ3v) is 3.83. The van der Waals surface area contributed by atoms with E-state index in [4.69, 9.17) is 9.84 Å². The molecule has 2 fully saturated rings. The molecule has 6 nitrogen and oxygen atoms in total. The van der Waals surface area contributed by atoms with Crippen LogP contribution in [-0.2, 0) is 19.1 Å². The van der Waals surface area contributed by atoms with Crippen molar-refractivity contribution in [2.45, 2.75) is 38.9 Å². The number of rotatable bonds is 3.